The number of nitrogens with one attached hydrogen (secondary N) is 1. The van der Waals surface area contributed by atoms with E-state index in [1.54, 1.807) is 0 Å². The summed E-state index contributed by atoms with van der Waals surface area (Å²) >= 11 is 0. The molecule has 0 spiro atoms. The van der Waals surface area contributed by atoms with Crippen LogP contribution in [-0.4, -0.2) is 29.1 Å². The van der Waals surface area contributed by atoms with Gasteiger partial charge in [-0.3, -0.25) is 0 Å². The van der Waals surface area contributed by atoms with Gasteiger partial charge in [-0.2, -0.15) is 18.2 Å². The van der Waals surface area contributed by atoms with Crippen molar-refractivity contribution in [2.45, 2.75) is 31.6 Å². The first-order valence-electron chi connectivity index (χ1n) is 8.16. The Morgan fingerprint density at radius 2 is 1.80 bits per heavy atom. The molecular weight excluding hydrogens is 331 g/mol. The van der Waals surface area contributed by atoms with Crippen LogP contribution in [0.15, 0.2) is 36.4 Å². The third-order valence-electron chi connectivity index (χ3n) is 4.28. The minimum absolute atomic E-state index is 0.237. The molecule has 0 saturated carbocycles. The molecule has 134 valence electrons. The molecule has 25 heavy (non-hydrogen) atoms. The highest BCUT2D eigenvalue weighted by Gasteiger charge is 2.34. The first kappa shape index (κ1) is 17.5. The van der Waals surface area contributed by atoms with Crippen LogP contribution in [0.2, 0.25) is 0 Å². The van der Waals surface area contributed by atoms with Gasteiger partial charge in [-0.1, -0.05) is 30.3 Å². The molecule has 0 atom stereocenters. The average molecular weight is 351 g/mol. The van der Waals surface area contributed by atoms with E-state index in [2.05, 4.69) is 27.4 Å². The second-order valence-corrected chi connectivity index (χ2v) is 6.10. The minimum atomic E-state index is -4.53. The number of nitrogens with two attached hydrogens (primary N) is 1. The third kappa shape index (κ3) is 4.60. The van der Waals surface area contributed by atoms with Crippen LogP contribution in [0.25, 0.3) is 0 Å². The minimum Gasteiger partial charge on any atom is -0.368 e. The molecule has 3 rings (SSSR count). The number of alkyl halides is 3. The SMILES string of the molecule is Nc1nc(N2CCC(NCc3ccccc3)CC2)cc(C(F)(F)F)n1. The molecule has 1 aliphatic rings. The van der Waals surface area contributed by atoms with Gasteiger partial charge < -0.3 is 16.0 Å². The van der Waals surface area contributed by atoms with Gasteiger partial charge in [-0.15, -0.1) is 0 Å². The second-order valence-electron chi connectivity index (χ2n) is 6.10. The van der Waals surface area contributed by atoms with E-state index < -0.39 is 11.9 Å². The first-order chi connectivity index (χ1) is 11.9. The van der Waals surface area contributed by atoms with Gasteiger partial charge in [0, 0.05) is 31.7 Å². The Morgan fingerprint density at radius 3 is 2.44 bits per heavy atom. The largest absolute Gasteiger partial charge is 0.433 e. The second kappa shape index (κ2) is 7.26. The summed E-state index contributed by atoms with van der Waals surface area (Å²) in [5, 5.41) is 3.49. The fraction of sp³-hybridized carbons (Fsp3) is 0.412. The number of hydrogen-bond acceptors (Lipinski definition) is 5. The Balaban J connectivity index is 1.58. The van der Waals surface area contributed by atoms with E-state index in [0.717, 1.165) is 25.5 Å². The van der Waals surface area contributed by atoms with Crippen molar-refractivity contribution in [1.29, 1.82) is 0 Å². The summed E-state index contributed by atoms with van der Waals surface area (Å²) in [6.45, 7) is 2.03. The fourth-order valence-corrected chi connectivity index (χ4v) is 2.93. The van der Waals surface area contributed by atoms with Gasteiger partial charge in [-0.05, 0) is 18.4 Å². The summed E-state index contributed by atoms with van der Waals surface area (Å²) in [5.41, 5.74) is 5.65. The maximum absolute atomic E-state index is 12.9. The van der Waals surface area contributed by atoms with Gasteiger partial charge in [0.25, 0.3) is 0 Å². The van der Waals surface area contributed by atoms with Crippen LogP contribution in [0, 0.1) is 0 Å². The number of nitrogens with zero attached hydrogens (tertiary/aromatic N) is 3. The van der Waals surface area contributed by atoms with Crippen LogP contribution in [0.4, 0.5) is 24.9 Å². The molecular formula is C17H20F3N5. The van der Waals surface area contributed by atoms with Crippen LogP contribution in [0.1, 0.15) is 24.1 Å². The van der Waals surface area contributed by atoms with Crippen molar-refractivity contribution in [3.63, 3.8) is 0 Å². The molecule has 2 heterocycles. The molecule has 0 amide bonds. The number of aromatic nitrogens is 2. The zero-order valence-electron chi connectivity index (χ0n) is 13.6. The van der Waals surface area contributed by atoms with Crippen molar-refractivity contribution in [1.82, 2.24) is 15.3 Å². The summed E-state index contributed by atoms with van der Waals surface area (Å²) in [4.78, 5) is 9.07. The maximum Gasteiger partial charge on any atom is 0.433 e. The van der Waals surface area contributed by atoms with Crippen molar-refractivity contribution in [2.24, 2.45) is 0 Å². The van der Waals surface area contributed by atoms with Crippen LogP contribution < -0.4 is 16.0 Å². The van der Waals surface area contributed by atoms with Gasteiger partial charge >= 0.3 is 6.18 Å². The highest BCUT2D eigenvalue weighted by Crippen LogP contribution is 2.30. The zero-order valence-corrected chi connectivity index (χ0v) is 13.6. The lowest BCUT2D eigenvalue weighted by atomic mass is 10.0. The van der Waals surface area contributed by atoms with Crippen LogP contribution in [-0.2, 0) is 12.7 Å². The van der Waals surface area contributed by atoms with E-state index in [1.165, 1.54) is 5.56 Å². The van der Waals surface area contributed by atoms with Crippen molar-refractivity contribution in [3.8, 4) is 0 Å². The molecule has 5 nitrogen and oxygen atoms in total. The van der Waals surface area contributed by atoms with E-state index in [9.17, 15) is 13.2 Å². The van der Waals surface area contributed by atoms with E-state index in [-0.39, 0.29) is 11.8 Å². The zero-order chi connectivity index (χ0) is 17.9. The average Bonchev–Trinajstić information content (AvgIpc) is 2.60. The van der Waals surface area contributed by atoms with E-state index in [4.69, 9.17) is 5.73 Å². The van der Waals surface area contributed by atoms with Crippen LogP contribution in [0.5, 0.6) is 0 Å². The standard InChI is InChI=1S/C17H20F3N5/c18-17(19,20)14-10-15(24-16(21)23-14)25-8-6-13(7-9-25)22-11-12-4-2-1-3-5-12/h1-5,10,13,22H,6-9,11H2,(H2,21,23,24). The van der Waals surface area contributed by atoms with Crippen molar-refractivity contribution in [2.75, 3.05) is 23.7 Å². The number of piperidine rings is 1. The molecule has 0 aliphatic carbocycles. The van der Waals surface area contributed by atoms with Gasteiger partial charge in [0.2, 0.25) is 5.95 Å². The molecule has 1 fully saturated rings. The van der Waals surface area contributed by atoms with Crippen LogP contribution in [0.3, 0.4) is 0 Å². The first-order valence-corrected chi connectivity index (χ1v) is 8.16. The van der Waals surface area contributed by atoms with Gasteiger partial charge in [-0.25, -0.2) is 4.98 Å². The fourth-order valence-electron chi connectivity index (χ4n) is 2.93. The predicted molar refractivity (Wildman–Crippen MR) is 90.0 cm³/mol. The number of rotatable bonds is 4. The van der Waals surface area contributed by atoms with Crippen molar-refractivity contribution in [3.05, 3.63) is 47.7 Å². The Bertz CT molecular complexity index is 697. The molecule has 1 saturated heterocycles. The number of anilines is 2. The van der Waals surface area contributed by atoms with Gasteiger partial charge in [0.05, 0.1) is 0 Å². The predicted octanol–water partition coefficient (Wildman–Crippen LogP) is 2.84. The van der Waals surface area contributed by atoms with Gasteiger partial charge in [0.1, 0.15) is 5.82 Å². The molecule has 3 N–H and O–H groups in total. The highest BCUT2D eigenvalue weighted by molar-refractivity contribution is 5.44. The van der Waals surface area contributed by atoms with Crippen molar-refractivity contribution < 1.29 is 13.2 Å². The lowest BCUT2D eigenvalue weighted by Gasteiger charge is -2.33. The van der Waals surface area contributed by atoms with E-state index >= 15 is 0 Å². The Hall–Kier alpha value is -2.35. The summed E-state index contributed by atoms with van der Waals surface area (Å²) < 4.78 is 38.6. The summed E-state index contributed by atoms with van der Waals surface area (Å²) in [6.07, 6.45) is -2.86. The number of nitrogen functional groups attached to an aromatic ring is 1. The van der Waals surface area contributed by atoms with Crippen LogP contribution >= 0.6 is 0 Å². The number of hydrogen-bond donors (Lipinski definition) is 2. The Kier molecular flexibility index (Phi) is 5.08. The third-order valence-corrected chi connectivity index (χ3v) is 4.28. The summed E-state index contributed by atoms with van der Waals surface area (Å²) in [6, 6.07) is 11.4. The maximum atomic E-state index is 12.9. The van der Waals surface area contributed by atoms with Gasteiger partial charge in [0.15, 0.2) is 5.69 Å². The summed E-state index contributed by atoms with van der Waals surface area (Å²) in [5.74, 6) is -0.115. The molecule has 2 aromatic rings. The molecule has 1 aliphatic heterocycles. The molecule has 1 aromatic carbocycles. The highest BCUT2D eigenvalue weighted by atomic mass is 19.4. The summed E-state index contributed by atoms with van der Waals surface area (Å²) in [7, 11) is 0. The molecule has 0 unspecified atom stereocenters. The Labute approximate surface area is 144 Å². The normalized spacial score (nSPS) is 16.2. The smallest absolute Gasteiger partial charge is 0.368 e. The van der Waals surface area contributed by atoms with Crippen molar-refractivity contribution >= 4 is 11.8 Å². The van der Waals surface area contributed by atoms with E-state index in [0.29, 0.717) is 19.1 Å². The quantitative estimate of drug-likeness (QED) is 0.887. The molecule has 0 radical (unpaired) electrons. The van der Waals surface area contributed by atoms with E-state index in [1.807, 2.05) is 23.1 Å². The lowest BCUT2D eigenvalue weighted by molar-refractivity contribution is -0.141. The monoisotopic (exact) mass is 351 g/mol. The number of halogens is 3. The molecule has 0 bridgehead atoms. The lowest BCUT2D eigenvalue weighted by Crippen LogP contribution is -2.42. The molecule has 1 aromatic heterocycles. The molecule has 8 heteroatoms. The Morgan fingerprint density at radius 1 is 1.12 bits per heavy atom. The topological polar surface area (TPSA) is 67.1 Å². The number of benzene rings is 1.